The number of carbonyl (C=O) groups is 1. The van der Waals surface area contributed by atoms with Gasteiger partial charge in [0.05, 0.1) is 11.1 Å². The summed E-state index contributed by atoms with van der Waals surface area (Å²) in [6, 6.07) is 9.80. The number of aromatic nitrogens is 1. The Morgan fingerprint density at radius 3 is 2.68 bits per heavy atom. The average molecular weight is 299 g/mol. The number of carbonyl (C=O) groups excluding carboxylic acids is 1. The average Bonchev–Trinajstić information content (AvgIpc) is 2.50. The van der Waals surface area contributed by atoms with Gasteiger partial charge in [-0.25, -0.2) is 0 Å². The first-order valence-corrected chi connectivity index (χ1v) is 7.77. The minimum atomic E-state index is -0.000318. The van der Waals surface area contributed by atoms with Crippen LogP contribution in [-0.2, 0) is 0 Å². The maximum absolute atomic E-state index is 12.7. The van der Waals surface area contributed by atoms with E-state index in [9.17, 15) is 4.79 Å². The molecule has 2 aromatic rings. The molecule has 1 atom stereocenters. The van der Waals surface area contributed by atoms with Crippen LogP contribution in [0, 0.1) is 12.8 Å². The van der Waals surface area contributed by atoms with E-state index >= 15 is 0 Å². The van der Waals surface area contributed by atoms with Gasteiger partial charge in [0.1, 0.15) is 0 Å². The topological polar surface area (TPSA) is 59.2 Å². The lowest BCUT2D eigenvalue weighted by Crippen LogP contribution is -2.34. The van der Waals surface area contributed by atoms with Gasteiger partial charge in [0.25, 0.3) is 5.91 Å². The highest BCUT2D eigenvalue weighted by Gasteiger charge is 2.17. The molecule has 22 heavy (non-hydrogen) atoms. The van der Waals surface area contributed by atoms with Crippen LogP contribution in [0.4, 0.5) is 0 Å². The molecule has 1 heterocycles. The number of amides is 1. The molecule has 2 rings (SSSR count). The summed E-state index contributed by atoms with van der Waals surface area (Å²) in [4.78, 5) is 19.0. The number of hydrogen-bond donors (Lipinski definition) is 1. The number of aryl methyl sites for hydroxylation is 1. The van der Waals surface area contributed by atoms with Crippen LogP contribution in [0.3, 0.4) is 0 Å². The predicted molar refractivity (Wildman–Crippen MR) is 90.9 cm³/mol. The third-order valence-electron chi connectivity index (χ3n) is 4.09. The number of pyridine rings is 1. The van der Waals surface area contributed by atoms with Crippen LogP contribution in [0.25, 0.3) is 10.9 Å². The van der Waals surface area contributed by atoms with Crippen molar-refractivity contribution in [2.75, 3.05) is 13.6 Å². The fraction of sp³-hybridized carbons (Fsp3) is 0.444. The molecule has 4 heteroatoms. The van der Waals surface area contributed by atoms with Crippen molar-refractivity contribution in [1.29, 1.82) is 0 Å². The number of para-hydroxylation sites is 1. The first-order valence-electron chi connectivity index (χ1n) is 7.77. The zero-order valence-electron chi connectivity index (χ0n) is 13.8. The number of nitrogens with zero attached hydrogens (tertiary/aromatic N) is 2. The smallest absolute Gasteiger partial charge is 0.255 e. The third-order valence-corrected chi connectivity index (χ3v) is 4.09. The van der Waals surface area contributed by atoms with Crippen molar-refractivity contribution in [3.63, 3.8) is 0 Å². The molecule has 118 valence electrons. The number of fused-ring (bicyclic) bond motifs is 1. The Morgan fingerprint density at radius 2 is 2.00 bits per heavy atom. The molecule has 0 aliphatic heterocycles. The molecular formula is C18H25N3O. The minimum Gasteiger partial charge on any atom is -0.342 e. The van der Waals surface area contributed by atoms with Crippen molar-refractivity contribution < 1.29 is 4.79 Å². The molecule has 0 radical (unpaired) electrons. The van der Waals surface area contributed by atoms with Gasteiger partial charge in [-0.3, -0.25) is 9.78 Å². The van der Waals surface area contributed by atoms with E-state index in [4.69, 9.17) is 5.73 Å². The largest absolute Gasteiger partial charge is 0.342 e. The lowest BCUT2D eigenvalue weighted by atomic mass is 10.0. The molecule has 1 aromatic heterocycles. The number of hydrogen-bond acceptors (Lipinski definition) is 3. The second kappa shape index (κ2) is 6.88. The predicted octanol–water partition coefficient (Wildman–Crippen LogP) is 2.99. The van der Waals surface area contributed by atoms with Gasteiger partial charge in [-0.05, 0) is 31.4 Å². The van der Waals surface area contributed by atoms with E-state index in [-0.39, 0.29) is 11.9 Å². The van der Waals surface area contributed by atoms with Crippen LogP contribution in [-0.4, -0.2) is 35.4 Å². The summed E-state index contributed by atoms with van der Waals surface area (Å²) in [6.07, 6.45) is 0.803. The number of nitrogens with two attached hydrogens (primary N) is 1. The molecule has 1 aromatic carbocycles. The molecule has 0 spiro atoms. The number of rotatable bonds is 5. The van der Waals surface area contributed by atoms with Gasteiger partial charge in [-0.1, -0.05) is 32.0 Å². The van der Waals surface area contributed by atoms with Crippen molar-refractivity contribution in [3.05, 3.63) is 41.6 Å². The maximum atomic E-state index is 12.7. The Morgan fingerprint density at radius 1 is 1.27 bits per heavy atom. The third kappa shape index (κ3) is 3.63. The summed E-state index contributed by atoms with van der Waals surface area (Å²) in [5.74, 6) is 0.421. The Labute approximate surface area is 132 Å². The number of benzene rings is 1. The van der Waals surface area contributed by atoms with Gasteiger partial charge in [0, 0.05) is 30.7 Å². The van der Waals surface area contributed by atoms with E-state index in [1.165, 1.54) is 0 Å². The monoisotopic (exact) mass is 299 g/mol. The SMILES string of the molecule is Cc1ccc2cccc(C(=O)N(C)CCC(N)C(C)C)c2n1. The van der Waals surface area contributed by atoms with E-state index in [1.807, 2.05) is 44.3 Å². The van der Waals surface area contributed by atoms with Crippen molar-refractivity contribution in [1.82, 2.24) is 9.88 Å². The van der Waals surface area contributed by atoms with E-state index < -0.39 is 0 Å². The van der Waals surface area contributed by atoms with Gasteiger partial charge < -0.3 is 10.6 Å². The first kappa shape index (κ1) is 16.4. The molecule has 0 fully saturated rings. The van der Waals surface area contributed by atoms with Crippen molar-refractivity contribution in [2.24, 2.45) is 11.7 Å². The van der Waals surface area contributed by atoms with Crippen molar-refractivity contribution in [3.8, 4) is 0 Å². The molecule has 0 saturated heterocycles. The molecule has 4 nitrogen and oxygen atoms in total. The van der Waals surface area contributed by atoms with Crippen LogP contribution in [0.2, 0.25) is 0 Å². The molecule has 0 aliphatic rings. The molecule has 1 unspecified atom stereocenters. The molecule has 0 saturated carbocycles. The van der Waals surface area contributed by atoms with Gasteiger partial charge in [0.2, 0.25) is 0 Å². The van der Waals surface area contributed by atoms with E-state index in [1.54, 1.807) is 4.90 Å². The molecule has 2 N–H and O–H groups in total. The summed E-state index contributed by atoms with van der Waals surface area (Å²) in [7, 11) is 1.82. The van der Waals surface area contributed by atoms with Gasteiger partial charge in [-0.15, -0.1) is 0 Å². The second-order valence-corrected chi connectivity index (χ2v) is 6.25. The zero-order valence-corrected chi connectivity index (χ0v) is 13.8. The van der Waals surface area contributed by atoms with Crippen molar-refractivity contribution >= 4 is 16.8 Å². The quantitative estimate of drug-likeness (QED) is 0.923. The lowest BCUT2D eigenvalue weighted by molar-refractivity contribution is 0.0791. The molecule has 0 bridgehead atoms. The van der Waals surface area contributed by atoms with E-state index in [2.05, 4.69) is 18.8 Å². The van der Waals surface area contributed by atoms with Crippen LogP contribution in [0.1, 0.15) is 36.3 Å². The Kier molecular flexibility index (Phi) is 5.14. The Hall–Kier alpha value is -1.94. The van der Waals surface area contributed by atoms with Crippen LogP contribution in [0.15, 0.2) is 30.3 Å². The maximum Gasteiger partial charge on any atom is 0.255 e. The lowest BCUT2D eigenvalue weighted by Gasteiger charge is -2.22. The van der Waals surface area contributed by atoms with Gasteiger partial charge in [-0.2, -0.15) is 0 Å². The van der Waals surface area contributed by atoms with E-state index in [0.29, 0.717) is 18.0 Å². The van der Waals surface area contributed by atoms with Gasteiger partial charge in [0.15, 0.2) is 0 Å². The molecular weight excluding hydrogens is 274 g/mol. The fourth-order valence-corrected chi connectivity index (χ4v) is 2.40. The standard InChI is InChI=1S/C18H25N3O/c1-12(2)16(19)10-11-21(4)18(22)15-7-5-6-14-9-8-13(3)20-17(14)15/h5-9,12,16H,10-11,19H2,1-4H3. The molecule has 0 aliphatic carbocycles. The Bertz CT molecular complexity index is 666. The highest BCUT2D eigenvalue weighted by atomic mass is 16.2. The fourth-order valence-electron chi connectivity index (χ4n) is 2.40. The summed E-state index contributed by atoms with van der Waals surface area (Å²) < 4.78 is 0. The summed E-state index contributed by atoms with van der Waals surface area (Å²) in [5.41, 5.74) is 8.40. The van der Waals surface area contributed by atoms with Crippen molar-refractivity contribution in [2.45, 2.75) is 33.2 Å². The Balaban J connectivity index is 2.20. The first-order chi connectivity index (χ1) is 10.4. The second-order valence-electron chi connectivity index (χ2n) is 6.25. The van der Waals surface area contributed by atoms with Crippen LogP contribution < -0.4 is 5.73 Å². The zero-order chi connectivity index (χ0) is 16.3. The highest BCUT2D eigenvalue weighted by Crippen LogP contribution is 2.19. The summed E-state index contributed by atoms with van der Waals surface area (Å²) in [5, 5.41) is 0.990. The molecule has 1 amide bonds. The van der Waals surface area contributed by atoms with E-state index in [0.717, 1.165) is 23.0 Å². The van der Waals surface area contributed by atoms with Gasteiger partial charge >= 0.3 is 0 Å². The summed E-state index contributed by atoms with van der Waals surface area (Å²) >= 11 is 0. The highest BCUT2D eigenvalue weighted by molar-refractivity contribution is 6.05. The summed E-state index contributed by atoms with van der Waals surface area (Å²) in [6.45, 7) is 6.79. The minimum absolute atomic E-state index is 0.000318. The van der Waals surface area contributed by atoms with Crippen LogP contribution >= 0.6 is 0 Å². The van der Waals surface area contributed by atoms with Crippen LogP contribution in [0.5, 0.6) is 0 Å². The normalized spacial score (nSPS) is 12.6.